The van der Waals surface area contributed by atoms with E-state index in [1.54, 1.807) is 23.5 Å². The van der Waals surface area contributed by atoms with Gasteiger partial charge in [-0.25, -0.2) is 8.42 Å². The van der Waals surface area contributed by atoms with E-state index in [0.29, 0.717) is 30.5 Å². The molecule has 0 aromatic carbocycles. The van der Waals surface area contributed by atoms with E-state index >= 15 is 0 Å². The number of thiophene rings is 2. The summed E-state index contributed by atoms with van der Waals surface area (Å²) in [5, 5.41) is 2.04. The van der Waals surface area contributed by atoms with Crippen LogP contribution in [0.2, 0.25) is 0 Å². The molecule has 2 aromatic rings. The minimum Gasteiger partial charge on any atom is -0.379 e. The summed E-state index contributed by atoms with van der Waals surface area (Å²) in [7, 11) is -3.49. The van der Waals surface area contributed by atoms with Gasteiger partial charge in [-0.05, 0) is 36.4 Å². The molecule has 2 aliphatic rings. The fourth-order valence-electron chi connectivity index (χ4n) is 3.60. The summed E-state index contributed by atoms with van der Waals surface area (Å²) in [6, 6.07) is 7.65. The number of hydrogen-bond donors (Lipinski definition) is 0. The maximum Gasteiger partial charge on any atom is 0.252 e. The fourth-order valence-corrected chi connectivity index (χ4v) is 7.38. The van der Waals surface area contributed by atoms with Crippen molar-refractivity contribution in [1.82, 2.24) is 9.21 Å². The molecule has 0 saturated carbocycles. The molecule has 0 spiro atoms. The molecule has 2 saturated heterocycles. The summed E-state index contributed by atoms with van der Waals surface area (Å²) in [5.74, 6) is 0.0723. The zero-order valence-corrected chi connectivity index (χ0v) is 17.3. The van der Waals surface area contributed by atoms with Crippen molar-refractivity contribution in [2.24, 2.45) is 0 Å². The van der Waals surface area contributed by atoms with E-state index in [-0.39, 0.29) is 18.4 Å². The van der Waals surface area contributed by atoms with Gasteiger partial charge in [0.2, 0.25) is 5.91 Å². The maximum atomic E-state index is 12.8. The number of hydrogen-bond acceptors (Lipinski definition) is 6. The molecular weight excluding hydrogens is 404 g/mol. The molecule has 9 heteroatoms. The molecule has 1 amide bonds. The average molecular weight is 427 g/mol. The number of sulfonamides is 1. The zero-order valence-electron chi connectivity index (χ0n) is 14.9. The van der Waals surface area contributed by atoms with Crippen molar-refractivity contribution in [1.29, 1.82) is 0 Å². The first-order chi connectivity index (χ1) is 13.1. The Morgan fingerprint density at radius 1 is 1.19 bits per heavy atom. The van der Waals surface area contributed by atoms with E-state index < -0.39 is 10.0 Å². The Morgan fingerprint density at radius 2 is 2.00 bits per heavy atom. The maximum absolute atomic E-state index is 12.8. The predicted molar refractivity (Wildman–Crippen MR) is 106 cm³/mol. The van der Waals surface area contributed by atoms with Gasteiger partial charge in [0.15, 0.2) is 0 Å². The topological polar surface area (TPSA) is 66.9 Å². The first-order valence-electron chi connectivity index (χ1n) is 9.05. The number of carbonyl (C=O) groups excluding carboxylic acids is 1. The standard InChI is InChI=1S/C18H22N2O4S3/c21-17(20-7-1-3-15(20)16-4-2-12-25-16)13-14-5-6-18(26-14)27(22,23)19-8-10-24-11-9-19/h2,4-6,12,15H,1,3,7-11,13H2. The Morgan fingerprint density at radius 3 is 2.74 bits per heavy atom. The highest BCUT2D eigenvalue weighted by Crippen LogP contribution is 2.35. The number of nitrogens with zero attached hydrogens (tertiary/aromatic N) is 2. The van der Waals surface area contributed by atoms with Gasteiger partial charge in [0, 0.05) is 29.4 Å². The minimum atomic E-state index is -3.49. The van der Waals surface area contributed by atoms with Crippen LogP contribution in [0.15, 0.2) is 33.9 Å². The molecule has 0 bridgehead atoms. The van der Waals surface area contributed by atoms with Gasteiger partial charge in [0.05, 0.1) is 25.7 Å². The monoisotopic (exact) mass is 426 g/mol. The lowest BCUT2D eigenvalue weighted by molar-refractivity contribution is -0.131. The Hall–Kier alpha value is -1.26. The summed E-state index contributed by atoms with van der Waals surface area (Å²) in [4.78, 5) is 16.8. The van der Waals surface area contributed by atoms with Crippen LogP contribution in [0.4, 0.5) is 0 Å². The van der Waals surface area contributed by atoms with Gasteiger partial charge in [-0.2, -0.15) is 4.31 Å². The summed E-state index contributed by atoms with van der Waals surface area (Å²) in [6.45, 7) is 2.38. The molecule has 2 aliphatic heterocycles. The van der Waals surface area contributed by atoms with Crippen LogP contribution in [0.1, 0.15) is 28.6 Å². The third kappa shape index (κ3) is 3.97. The Balaban J connectivity index is 1.45. The van der Waals surface area contributed by atoms with Crippen molar-refractivity contribution in [2.45, 2.75) is 29.5 Å². The summed E-state index contributed by atoms with van der Waals surface area (Å²) in [6.07, 6.45) is 2.26. The second-order valence-electron chi connectivity index (χ2n) is 6.67. The van der Waals surface area contributed by atoms with E-state index in [4.69, 9.17) is 4.74 Å². The van der Waals surface area contributed by atoms with Gasteiger partial charge in [0.25, 0.3) is 10.0 Å². The Kier molecular flexibility index (Phi) is 5.65. The number of likely N-dealkylation sites (tertiary alicyclic amines) is 1. The van der Waals surface area contributed by atoms with Gasteiger partial charge < -0.3 is 9.64 Å². The lowest BCUT2D eigenvalue weighted by Gasteiger charge is -2.25. The second-order valence-corrected chi connectivity index (χ2v) is 11.0. The van der Waals surface area contributed by atoms with Crippen molar-refractivity contribution in [3.63, 3.8) is 0 Å². The molecule has 4 rings (SSSR count). The lowest BCUT2D eigenvalue weighted by atomic mass is 10.2. The molecule has 1 unspecified atom stereocenters. The van der Waals surface area contributed by atoms with Crippen molar-refractivity contribution >= 4 is 38.6 Å². The SMILES string of the molecule is O=C(Cc1ccc(S(=O)(=O)N2CCOCC2)s1)N1CCCC1c1cccs1. The number of amides is 1. The highest BCUT2D eigenvalue weighted by molar-refractivity contribution is 7.91. The minimum absolute atomic E-state index is 0.0723. The fraction of sp³-hybridized carbons (Fsp3) is 0.500. The molecule has 0 aliphatic carbocycles. The predicted octanol–water partition coefficient (Wildman–Crippen LogP) is 2.74. The summed E-state index contributed by atoms with van der Waals surface area (Å²) in [5.41, 5.74) is 0. The number of ether oxygens (including phenoxy) is 1. The van der Waals surface area contributed by atoms with Crippen LogP contribution in [0.25, 0.3) is 0 Å². The molecular formula is C18H22N2O4S3. The quantitative estimate of drug-likeness (QED) is 0.737. The second kappa shape index (κ2) is 8.00. The number of carbonyl (C=O) groups is 1. The van der Waals surface area contributed by atoms with Gasteiger partial charge in [0.1, 0.15) is 4.21 Å². The largest absolute Gasteiger partial charge is 0.379 e. The lowest BCUT2D eigenvalue weighted by Crippen LogP contribution is -2.40. The van der Waals surface area contributed by atoms with Crippen molar-refractivity contribution < 1.29 is 17.9 Å². The van der Waals surface area contributed by atoms with E-state index in [2.05, 4.69) is 6.07 Å². The van der Waals surface area contributed by atoms with Crippen LogP contribution in [0.3, 0.4) is 0 Å². The molecule has 4 heterocycles. The van der Waals surface area contributed by atoms with Crippen molar-refractivity contribution in [2.75, 3.05) is 32.8 Å². The highest BCUT2D eigenvalue weighted by atomic mass is 32.2. The smallest absolute Gasteiger partial charge is 0.252 e. The van der Waals surface area contributed by atoms with Gasteiger partial charge in [-0.3, -0.25) is 4.79 Å². The molecule has 146 valence electrons. The zero-order chi connectivity index (χ0) is 18.9. The molecule has 6 nitrogen and oxygen atoms in total. The molecule has 0 radical (unpaired) electrons. The van der Waals surface area contributed by atoms with Crippen LogP contribution in [-0.4, -0.2) is 56.4 Å². The third-order valence-electron chi connectivity index (χ3n) is 4.97. The molecule has 1 atom stereocenters. The van der Waals surface area contributed by atoms with Crippen molar-refractivity contribution in [3.05, 3.63) is 39.4 Å². The molecule has 0 N–H and O–H groups in total. The van der Waals surface area contributed by atoms with Crippen LogP contribution < -0.4 is 0 Å². The summed E-state index contributed by atoms with van der Waals surface area (Å²) >= 11 is 2.89. The van der Waals surface area contributed by atoms with Crippen LogP contribution in [-0.2, 0) is 26.0 Å². The van der Waals surface area contributed by atoms with Crippen LogP contribution in [0.5, 0.6) is 0 Å². The normalized spacial score (nSPS) is 21.6. The first-order valence-corrected chi connectivity index (χ1v) is 12.2. The Bertz CT molecular complexity index is 886. The highest BCUT2D eigenvalue weighted by Gasteiger charge is 2.32. The van der Waals surface area contributed by atoms with E-state index in [1.165, 1.54) is 20.5 Å². The van der Waals surface area contributed by atoms with Gasteiger partial charge in [-0.1, -0.05) is 6.07 Å². The van der Waals surface area contributed by atoms with Crippen molar-refractivity contribution in [3.8, 4) is 0 Å². The molecule has 2 aromatic heterocycles. The van der Waals surface area contributed by atoms with E-state index in [9.17, 15) is 13.2 Å². The first kappa shape index (κ1) is 19.1. The number of morpholine rings is 1. The average Bonchev–Trinajstić information content (AvgIpc) is 3.42. The number of rotatable bonds is 5. The van der Waals surface area contributed by atoms with Gasteiger partial charge in [-0.15, -0.1) is 22.7 Å². The molecule has 27 heavy (non-hydrogen) atoms. The summed E-state index contributed by atoms with van der Waals surface area (Å²) < 4.78 is 32.5. The van der Waals surface area contributed by atoms with E-state index in [0.717, 1.165) is 24.3 Å². The third-order valence-corrected chi connectivity index (χ3v) is 9.40. The van der Waals surface area contributed by atoms with E-state index in [1.807, 2.05) is 16.3 Å². The van der Waals surface area contributed by atoms with Crippen LogP contribution in [0, 0.1) is 0 Å². The molecule has 2 fully saturated rings. The Labute approximate surface area is 167 Å². The van der Waals surface area contributed by atoms with Crippen LogP contribution >= 0.6 is 22.7 Å². The van der Waals surface area contributed by atoms with Gasteiger partial charge >= 0.3 is 0 Å².